The highest BCUT2D eigenvalue weighted by Gasteiger charge is 2.09. The second kappa shape index (κ2) is 13.8. The number of guanidine groups is 1. The van der Waals surface area contributed by atoms with Crippen LogP contribution in [0.5, 0.6) is 5.75 Å². The van der Waals surface area contributed by atoms with Crippen molar-refractivity contribution in [3.05, 3.63) is 52.2 Å². The first kappa shape index (κ1) is 23.9. The lowest BCUT2D eigenvalue weighted by atomic mass is 10.2. The molecule has 8 heteroatoms. The molecule has 1 aromatic heterocycles. The van der Waals surface area contributed by atoms with Crippen molar-refractivity contribution in [3.8, 4) is 5.75 Å². The molecule has 1 fully saturated rings. The largest absolute Gasteiger partial charge is 0.492 e. The predicted molar refractivity (Wildman–Crippen MR) is 131 cm³/mol. The Balaban J connectivity index is 0.00000300. The molecular weight excluding hydrogens is 499 g/mol. The molecule has 0 saturated carbocycles. The van der Waals surface area contributed by atoms with Crippen LogP contribution in [0, 0.1) is 0 Å². The van der Waals surface area contributed by atoms with Gasteiger partial charge in [-0.2, -0.15) is 0 Å². The molecule has 2 N–H and O–H groups in total. The molecule has 0 amide bonds. The van der Waals surface area contributed by atoms with E-state index < -0.39 is 0 Å². The molecule has 1 aliphatic rings. The number of rotatable bonds is 9. The molecule has 1 aliphatic heterocycles. The van der Waals surface area contributed by atoms with E-state index in [1.807, 2.05) is 12.1 Å². The molecule has 0 bridgehead atoms. The predicted octanol–water partition coefficient (Wildman–Crippen LogP) is 3.33. The van der Waals surface area contributed by atoms with Gasteiger partial charge in [0.2, 0.25) is 0 Å². The molecule has 0 radical (unpaired) electrons. The van der Waals surface area contributed by atoms with Crippen LogP contribution in [0.2, 0.25) is 0 Å². The molecule has 0 atom stereocenters. The third kappa shape index (κ3) is 8.90. The van der Waals surface area contributed by atoms with Crippen LogP contribution in [0.1, 0.15) is 17.4 Å². The quantitative estimate of drug-likeness (QED) is 0.296. The van der Waals surface area contributed by atoms with Gasteiger partial charge in [0.1, 0.15) is 12.4 Å². The average Bonchev–Trinajstić information content (AvgIpc) is 3.25. The van der Waals surface area contributed by atoms with Crippen LogP contribution in [0.15, 0.2) is 46.8 Å². The van der Waals surface area contributed by atoms with E-state index >= 15 is 0 Å². The summed E-state index contributed by atoms with van der Waals surface area (Å²) in [4.78, 5) is 8.37. The van der Waals surface area contributed by atoms with Crippen molar-refractivity contribution in [3.63, 3.8) is 0 Å². The van der Waals surface area contributed by atoms with Crippen LogP contribution < -0.4 is 15.4 Å². The van der Waals surface area contributed by atoms with E-state index in [4.69, 9.17) is 14.5 Å². The van der Waals surface area contributed by atoms with Crippen LogP contribution in [0.4, 0.5) is 0 Å². The Labute approximate surface area is 194 Å². The number of nitrogens with one attached hydrogen (secondary N) is 2. The van der Waals surface area contributed by atoms with Gasteiger partial charge in [-0.15, -0.1) is 35.3 Å². The second-order valence-corrected chi connectivity index (χ2v) is 7.61. The number of halogens is 1. The van der Waals surface area contributed by atoms with Crippen molar-refractivity contribution in [1.82, 2.24) is 15.5 Å². The van der Waals surface area contributed by atoms with Crippen LogP contribution in [-0.2, 0) is 17.8 Å². The van der Waals surface area contributed by atoms with E-state index in [1.165, 1.54) is 4.88 Å². The summed E-state index contributed by atoms with van der Waals surface area (Å²) >= 11 is 1.74. The molecule has 0 aliphatic carbocycles. The fourth-order valence-corrected chi connectivity index (χ4v) is 3.59. The minimum absolute atomic E-state index is 0. The smallest absolute Gasteiger partial charge is 0.191 e. The van der Waals surface area contributed by atoms with Gasteiger partial charge in [-0.3, -0.25) is 4.90 Å². The molecule has 1 aromatic carbocycles. The van der Waals surface area contributed by atoms with E-state index in [-0.39, 0.29) is 24.0 Å². The molecule has 2 aromatic rings. The SMILES string of the molecule is CCNC(=NCc1cccc(OCCN2CCOCC2)c1)NCc1cccs1.I. The third-order valence-corrected chi connectivity index (χ3v) is 5.33. The summed E-state index contributed by atoms with van der Waals surface area (Å²) < 4.78 is 11.3. The Hall–Kier alpha value is -1.36. The summed E-state index contributed by atoms with van der Waals surface area (Å²) in [6.45, 7) is 9.55. The standard InChI is InChI=1S/C21H30N4O2S.HI/c1-2-22-21(24-17-20-7-4-14-28-20)23-16-18-5-3-6-19(15-18)27-13-10-25-8-11-26-12-9-25;/h3-7,14-15H,2,8-13,16-17H2,1H3,(H2,22,23,24);1H. The van der Waals surface area contributed by atoms with E-state index in [9.17, 15) is 0 Å². The van der Waals surface area contributed by atoms with Crippen LogP contribution in [0.25, 0.3) is 0 Å². The van der Waals surface area contributed by atoms with Gasteiger partial charge in [0.15, 0.2) is 5.96 Å². The maximum atomic E-state index is 5.94. The van der Waals surface area contributed by atoms with Crippen LogP contribution >= 0.6 is 35.3 Å². The fourth-order valence-electron chi connectivity index (χ4n) is 2.95. The van der Waals surface area contributed by atoms with Crippen molar-refractivity contribution in [2.45, 2.75) is 20.0 Å². The summed E-state index contributed by atoms with van der Waals surface area (Å²) in [5.74, 6) is 1.73. The van der Waals surface area contributed by atoms with Crippen LogP contribution in [0.3, 0.4) is 0 Å². The van der Waals surface area contributed by atoms with E-state index in [0.717, 1.165) is 63.2 Å². The van der Waals surface area contributed by atoms with Crippen molar-refractivity contribution in [2.24, 2.45) is 4.99 Å². The summed E-state index contributed by atoms with van der Waals surface area (Å²) in [6, 6.07) is 12.4. The van der Waals surface area contributed by atoms with Gasteiger partial charge in [-0.25, -0.2) is 4.99 Å². The Bertz CT molecular complexity index is 721. The Morgan fingerprint density at radius 2 is 2.07 bits per heavy atom. The maximum Gasteiger partial charge on any atom is 0.191 e. The highest BCUT2D eigenvalue weighted by molar-refractivity contribution is 14.0. The molecule has 1 saturated heterocycles. The van der Waals surface area contributed by atoms with Crippen molar-refractivity contribution < 1.29 is 9.47 Å². The first-order chi connectivity index (χ1) is 13.8. The zero-order valence-corrected chi connectivity index (χ0v) is 20.1. The van der Waals surface area contributed by atoms with Gasteiger partial charge >= 0.3 is 0 Å². The number of benzene rings is 1. The Morgan fingerprint density at radius 1 is 1.21 bits per heavy atom. The topological polar surface area (TPSA) is 58.1 Å². The number of aliphatic imine (C=N–C) groups is 1. The summed E-state index contributed by atoms with van der Waals surface area (Å²) in [6.07, 6.45) is 0. The van der Waals surface area contributed by atoms with Gasteiger partial charge in [0.05, 0.1) is 26.3 Å². The average molecular weight is 530 g/mol. The van der Waals surface area contributed by atoms with E-state index in [2.05, 4.69) is 52.1 Å². The molecular formula is C21H31IN4O2S. The summed E-state index contributed by atoms with van der Waals surface area (Å²) in [7, 11) is 0. The van der Waals surface area contributed by atoms with Crippen LogP contribution in [-0.4, -0.2) is 56.9 Å². The lowest BCUT2D eigenvalue weighted by Gasteiger charge is -2.26. The third-order valence-electron chi connectivity index (χ3n) is 4.45. The first-order valence-corrected chi connectivity index (χ1v) is 10.8. The number of hydrogen-bond acceptors (Lipinski definition) is 5. The normalized spacial score (nSPS) is 14.9. The second-order valence-electron chi connectivity index (χ2n) is 6.58. The number of hydrogen-bond donors (Lipinski definition) is 2. The zero-order valence-electron chi connectivity index (χ0n) is 16.9. The number of morpholine rings is 1. The molecule has 0 spiro atoms. The minimum Gasteiger partial charge on any atom is -0.492 e. The molecule has 3 rings (SSSR count). The van der Waals surface area contributed by atoms with Gasteiger partial charge in [0, 0.05) is 31.1 Å². The molecule has 2 heterocycles. The zero-order chi connectivity index (χ0) is 19.4. The van der Waals surface area contributed by atoms with Crippen molar-refractivity contribution in [2.75, 3.05) is 46.0 Å². The van der Waals surface area contributed by atoms with Gasteiger partial charge < -0.3 is 20.1 Å². The Morgan fingerprint density at radius 3 is 2.83 bits per heavy atom. The van der Waals surface area contributed by atoms with Gasteiger partial charge in [-0.1, -0.05) is 18.2 Å². The molecule has 160 valence electrons. The van der Waals surface area contributed by atoms with E-state index in [0.29, 0.717) is 13.2 Å². The van der Waals surface area contributed by atoms with Gasteiger partial charge in [-0.05, 0) is 36.1 Å². The first-order valence-electron chi connectivity index (χ1n) is 9.90. The fraction of sp³-hybridized carbons (Fsp3) is 0.476. The van der Waals surface area contributed by atoms with Crippen molar-refractivity contribution >= 4 is 41.3 Å². The number of thiophene rings is 1. The van der Waals surface area contributed by atoms with E-state index in [1.54, 1.807) is 11.3 Å². The highest BCUT2D eigenvalue weighted by atomic mass is 127. The van der Waals surface area contributed by atoms with Crippen molar-refractivity contribution in [1.29, 1.82) is 0 Å². The molecule has 0 unspecified atom stereocenters. The lowest BCUT2D eigenvalue weighted by molar-refractivity contribution is 0.0322. The number of nitrogens with zero attached hydrogens (tertiary/aromatic N) is 2. The lowest BCUT2D eigenvalue weighted by Crippen LogP contribution is -2.38. The summed E-state index contributed by atoms with van der Waals surface area (Å²) in [5.41, 5.74) is 1.14. The Kier molecular flexibility index (Phi) is 11.4. The monoisotopic (exact) mass is 530 g/mol. The van der Waals surface area contributed by atoms with Gasteiger partial charge in [0.25, 0.3) is 0 Å². The minimum atomic E-state index is 0. The molecule has 6 nitrogen and oxygen atoms in total. The maximum absolute atomic E-state index is 5.94. The highest BCUT2D eigenvalue weighted by Crippen LogP contribution is 2.14. The summed E-state index contributed by atoms with van der Waals surface area (Å²) in [5, 5.41) is 8.77. The number of ether oxygens (including phenoxy) is 2. The molecule has 29 heavy (non-hydrogen) atoms.